The van der Waals surface area contributed by atoms with Crippen LogP contribution in [-0.4, -0.2) is 52.5 Å². The molecule has 0 bridgehead atoms. The molecule has 30 heavy (non-hydrogen) atoms. The van der Waals surface area contributed by atoms with Gasteiger partial charge in [0.1, 0.15) is 17.0 Å². The summed E-state index contributed by atoms with van der Waals surface area (Å²) in [4.78, 5) is 25.8. The smallest absolute Gasteiger partial charge is 0.410 e. The predicted octanol–water partition coefficient (Wildman–Crippen LogP) is 4.26. The standard InChI is InChI=1S/C23H31NO6/c1-22(2,3)30-21(27)24-9-8-17-14(12-24)11-16-19(28-17)15-10-13(20(25)26)6-7-18(15)29-23(16,4)5/h6-7,10,14,16-17,19H,8-9,11-12H2,1-5H3,(H,25,26)/t14-,16-,17-,19+/m0/s1. The first-order valence-corrected chi connectivity index (χ1v) is 10.6. The summed E-state index contributed by atoms with van der Waals surface area (Å²) < 4.78 is 18.4. The maximum atomic E-state index is 12.5. The van der Waals surface area contributed by atoms with E-state index in [4.69, 9.17) is 14.2 Å². The number of piperidine rings is 1. The maximum Gasteiger partial charge on any atom is 0.410 e. The van der Waals surface area contributed by atoms with Gasteiger partial charge in [-0.3, -0.25) is 0 Å². The summed E-state index contributed by atoms with van der Waals surface area (Å²) in [6.07, 6.45) is 1.12. The van der Waals surface area contributed by atoms with Crippen LogP contribution >= 0.6 is 0 Å². The molecule has 2 fully saturated rings. The van der Waals surface area contributed by atoms with Gasteiger partial charge in [0.2, 0.25) is 0 Å². The normalized spacial score (nSPS) is 29.7. The van der Waals surface area contributed by atoms with E-state index in [9.17, 15) is 14.7 Å². The Balaban J connectivity index is 1.57. The van der Waals surface area contributed by atoms with E-state index >= 15 is 0 Å². The van der Waals surface area contributed by atoms with Crippen molar-refractivity contribution in [3.8, 4) is 5.75 Å². The fourth-order valence-electron chi connectivity index (χ4n) is 4.94. The van der Waals surface area contributed by atoms with E-state index in [-0.39, 0.29) is 35.7 Å². The number of carboxylic acid groups (broad SMARTS) is 1. The third-order valence-electron chi connectivity index (χ3n) is 6.39. The van der Waals surface area contributed by atoms with Crippen LogP contribution in [0.2, 0.25) is 0 Å². The number of carbonyl (C=O) groups is 2. The molecule has 0 unspecified atom stereocenters. The number of carboxylic acids is 1. The Labute approximate surface area is 177 Å². The second kappa shape index (κ2) is 7.15. The molecule has 0 aromatic heterocycles. The summed E-state index contributed by atoms with van der Waals surface area (Å²) in [6, 6.07) is 4.99. The zero-order valence-electron chi connectivity index (χ0n) is 18.3. The van der Waals surface area contributed by atoms with Crippen LogP contribution in [0.4, 0.5) is 4.79 Å². The van der Waals surface area contributed by atoms with E-state index in [0.29, 0.717) is 18.8 Å². The van der Waals surface area contributed by atoms with E-state index in [0.717, 1.165) is 18.4 Å². The fourth-order valence-corrected chi connectivity index (χ4v) is 4.94. The van der Waals surface area contributed by atoms with Crippen LogP contribution in [-0.2, 0) is 9.47 Å². The highest BCUT2D eigenvalue weighted by Crippen LogP contribution is 2.53. The Morgan fingerprint density at radius 2 is 2.00 bits per heavy atom. The van der Waals surface area contributed by atoms with Crippen molar-refractivity contribution in [3.05, 3.63) is 29.3 Å². The summed E-state index contributed by atoms with van der Waals surface area (Å²) in [5, 5.41) is 9.40. The van der Waals surface area contributed by atoms with E-state index in [1.54, 1.807) is 23.1 Å². The summed E-state index contributed by atoms with van der Waals surface area (Å²) >= 11 is 0. The molecule has 164 valence electrons. The number of fused-ring (bicyclic) bond motifs is 4. The van der Waals surface area contributed by atoms with Crippen molar-refractivity contribution >= 4 is 12.1 Å². The van der Waals surface area contributed by atoms with Crippen molar-refractivity contribution in [1.82, 2.24) is 4.90 Å². The molecular weight excluding hydrogens is 386 g/mol. The quantitative estimate of drug-likeness (QED) is 0.735. The molecule has 0 radical (unpaired) electrons. The first-order valence-electron chi connectivity index (χ1n) is 10.6. The molecule has 0 spiro atoms. The van der Waals surface area contributed by atoms with E-state index in [2.05, 4.69) is 13.8 Å². The molecule has 7 nitrogen and oxygen atoms in total. The van der Waals surface area contributed by atoms with Crippen LogP contribution in [0.1, 0.15) is 69.5 Å². The summed E-state index contributed by atoms with van der Waals surface area (Å²) in [6.45, 7) is 10.9. The Kier molecular flexibility index (Phi) is 5.00. The fraction of sp³-hybridized carbons (Fsp3) is 0.652. The second-order valence-electron chi connectivity index (χ2n) is 10.2. The summed E-state index contributed by atoms with van der Waals surface area (Å²) in [5.41, 5.74) is 0.0718. The van der Waals surface area contributed by atoms with Crippen molar-refractivity contribution in [2.45, 2.75) is 70.9 Å². The minimum absolute atomic E-state index is 0.0279. The number of ether oxygens (including phenoxy) is 3. The van der Waals surface area contributed by atoms with Gasteiger partial charge in [-0.05, 0) is 65.7 Å². The largest absolute Gasteiger partial charge is 0.487 e. The molecule has 7 heteroatoms. The molecule has 0 aliphatic carbocycles. The van der Waals surface area contributed by atoms with Gasteiger partial charge in [0.25, 0.3) is 0 Å². The molecule has 3 aliphatic heterocycles. The highest BCUT2D eigenvalue weighted by Gasteiger charge is 2.52. The zero-order chi connectivity index (χ0) is 21.8. The minimum atomic E-state index is -0.960. The molecule has 4 rings (SSSR count). The number of likely N-dealkylation sites (tertiary alicyclic amines) is 1. The van der Waals surface area contributed by atoms with Gasteiger partial charge < -0.3 is 24.2 Å². The molecule has 1 aromatic rings. The topological polar surface area (TPSA) is 85.3 Å². The number of hydrogen-bond donors (Lipinski definition) is 1. The van der Waals surface area contributed by atoms with Gasteiger partial charge in [-0.2, -0.15) is 0 Å². The highest BCUT2D eigenvalue weighted by atomic mass is 16.6. The lowest BCUT2D eigenvalue weighted by atomic mass is 9.70. The van der Waals surface area contributed by atoms with Crippen LogP contribution in [0.5, 0.6) is 5.75 Å². The molecule has 1 N–H and O–H groups in total. The van der Waals surface area contributed by atoms with Crippen LogP contribution in [0.25, 0.3) is 0 Å². The van der Waals surface area contributed by atoms with Gasteiger partial charge in [0.05, 0.1) is 17.8 Å². The lowest BCUT2D eigenvalue weighted by molar-refractivity contribution is -0.185. The number of hydrogen-bond acceptors (Lipinski definition) is 5. The first kappa shape index (κ1) is 21.0. The third kappa shape index (κ3) is 3.87. The Morgan fingerprint density at radius 1 is 1.27 bits per heavy atom. The third-order valence-corrected chi connectivity index (χ3v) is 6.39. The average molecular weight is 418 g/mol. The molecule has 0 saturated carbocycles. The van der Waals surface area contributed by atoms with Gasteiger partial charge >= 0.3 is 12.1 Å². The van der Waals surface area contributed by atoms with E-state index < -0.39 is 17.2 Å². The average Bonchev–Trinajstić information content (AvgIpc) is 2.64. The Hall–Kier alpha value is -2.28. The molecular formula is C23H31NO6. The second-order valence-corrected chi connectivity index (χ2v) is 10.2. The number of benzene rings is 1. The number of aromatic carboxylic acids is 1. The molecule has 1 amide bonds. The predicted molar refractivity (Wildman–Crippen MR) is 110 cm³/mol. The highest BCUT2D eigenvalue weighted by molar-refractivity contribution is 5.88. The molecule has 2 saturated heterocycles. The monoisotopic (exact) mass is 417 g/mol. The van der Waals surface area contributed by atoms with Crippen LogP contribution in [0.15, 0.2) is 18.2 Å². The van der Waals surface area contributed by atoms with Gasteiger partial charge in [-0.25, -0.2) is 9.59 Å². The number of rotatable bonds is 1. The van der Waals surface area contributed by atoms with Gasteiger partial charge in [0, 0.05) is 30.5 Å². The van der Waals surface area contributed by atoms with Crippen LogP contribution < -0.4 is 4.74 Å². The zero-order valence-corrected chi connectivity index (χ0v) is 18.3. The number of carbonyl (C=O) groups excluding carboxylic acids is 1. The Morgan fingerprint density at radius 3 is 2.67 bits per heavy atom. The minimum Gasteiger partial charge on any atom is -0.487 e. The molecule has 4 atom stereocenters. The first-order chi connectivity index (χ1) is 13.9. The number of nitrogens with zero attached hydrogens (tertiary/aromatic N) is 1. The van der Waals surface area contributed by atoms with Crippen molar-refractivity contribution < 1.29 is 28.9 Å². The SMILES string of the molecule is CC(C)(C)OC(=O)N1CC[C@@H]2O[C@@H]3c4cc(C(=O)O)ccc4OC(C)(C)[C@H]3C[C@H]2C1. The Bertz CT molecular complexity index is 858. The maximum absolute atomic E-state index is 12.5. The van der Waals surface area contributed by atoms with Gasteiger partial charge in [-0.15, -0.1) is 0 Å². The van der Waals surface area contributed by atoms with Gasteiger partial charge in [-0.1, -0.05) is 0 Å². The lowest BCUT2D eigenvalue weighted by Crippen LogP contribution is -2.56. The van der Waals surface area contributed by atoms with Crippen molar-refractivity contribution in [2.24, 2.45) is 11.8 Å². The van der Waals surface area contributed by atoms with Crippen LogP contribution in [0.3, 0.4) is 0 Å². The molecule has 1 aromatic carbocycles. The molecule has 3 heterocycles. The van der Waals surface area contributed by atoms with Crippen molar-refractivity contribution in [1.29, 1.82) is 0 Å². The lowest BCUT2D eigenvalue weighted by Gasteiger charge is -2.53. The molecule has 3 aliphatic rings. The van der Waals surface area contributed by atoms with E-state index in [1.807, 2.05) is 20.8 Å². The van der Waals surface area contributed by atoms with E-state index in [1.165, 1.54) is 0 Å². The number of amides is 1. The summed E-state index contributed by atoms with van der Waals surface area (Å²) in [5.74, 6) is -0.0112. The van der Waals surface area contributed by atoms with Crippen molar-refractivity contribution in [3.63, 3.8) is 0 Å². The summed E-state index contributed by atoms with van der Waals surface area (Å²) in [7, 11) is 0. The van der Waals surface area contributed by atoms with Crippen molar-refractivity contribution in [2.75, 3.05) is 13.1 Å². The van der Waals surface area contributed by atoms with Gasteiger partial charge in [0.15, 0.2) is 0 Å². The van der Waals surface area contributed by atoms with Crippen LogP contribution in [0, 0.1) is 11.8 Å².